The number of hydrogen-bond donors (Lipinski definition) is 1. The molecule has 0 atom stereocenters. The van der Waals surface area contributed by atoms with Gasteiger partial charge in [-0.2, -0.15) is 5.26 Å². The van der Waals surface area contributed by atoms with Crippen molar-refractivity contribution in [3.8, 4) is 23.3 Å². The second-order valence-electron chi connectivity index (χ2n) is 5.64. The van der Waals surface area contributed by atoms with E-state index < -0.39 is 23.4 Å². The molecule has 0 bridgehead atoms. The SMILES string of the molecule is COc1cc(C(=O)OCC(=O)Nc2ccc([N+](=O)[O-])cc2C#N)cc(OC)c1OC. The molecule has 0 aromatic heterocycles. The largest absolute Gasteiger partial charge is 0.493 e. The molecule has 0 saturated carbocycles. The Hall–Kier alpha value is -4.33. The van der Waals surface area contributed by atoms with Crippen LogP contribution in [-0.2, 0) is 9.53 Å². The van der Waals surface area contributed by atoms with Crippen molar-refractivity contribution in [3.63, 3.8) is 0 Å². The van der Waals surface area contributed by atoms with Gasteiger partial charge in [0, 0.05) is 12.1 Å². The molecule has 0 saturated heterocycles. The van der Waals surface area contributed by atoms with Gasteiger partial charge in [0.2, 0.25) is 5.75 Å². The van der Waals surface area contributed by atoms with Crippen LogP contribution in [0.4, 0.5) is 11.4 Å². The van der Waals surface area contributed by atoms with Gasteiger partial charge in [-0.25, -0.2) is 4.79 Å². The zero-order valence-corrected chi connectivity index (χ0v) is 16.3. The Morgan fingerprint density at radius 1 is 1.10 bits per heavy atom. The third-order valence-corrected chi connectivity index (χ3v) is 3.84. The molecule has 30 heavy (non-hydrogen) atoms. The third kappa shape index (κ3) is 4.93. The van der Waals surface area contributed by atoms with E-state index in [9.17, 15) is 19.7 Å². The van der Waals surface area contributed by atoms with Crippen molar-refractivity contribution in [2.45, 2.75) is 0 Å². The number of rotatable bonds is 8. The lowest BCUT2D eigenvalue weighted by atomic mass is 10.1. The van der Waals surface area contributed by atoms with Crippen LogP contribution < -0.4 is 19.5 Å². The summed E-state index contributed by atoms with van der Waals surface area (Å²) in [6.07, 6.45) is 0. The van der Waals surface area contributed by atoms with Gasteiger partial charge in [-0.05, 0) is 18.2 Å². The van der Waals surface area contributed by atoms with E-state index in [1.54, 1.807) is 6.07 Å². The summed E-state index contributed by atoms with van der Waals surface area (Å²) < 4.78 is 20.5. The molecule has 0 heterocycles. The number of carbonyl (C=O) groups excluding carboxylic acids is 2. The fraction of sp³-hybridized carbons (Fsp3) is 0.211. The summed E-state index contributed by atoms with van der Waals surface area (Å²) in [5.74, 6) is -0.804. The molecule has 11 heteroatoms. The molecule has 0 radical (unpaired) electrons. The van der Waals surface area contributed by atoms with Crippen molar-refractivity contribution in [3.05, 3.63) is 51.6 Å². The van der Waals surface area contributed by atoms with E-state index in [2.05, 4.69) is 5.32 Å². The van der Waals surface area contributed by atoms with Gasteiger partial charge in [-0.3, -0.25) is 14.9 Å². The third-order valence-electron chi connectivity index (χ3n) is 3.84. The number of nitriles is 1. The van der Waals surface area contributed by atoms with Crippen molar-refractivity contribution < 1.29 is 33.5 Å². The number of nitro groups is 1. The maximum Gasteiger partial charge on any atom is 0.338 e. The topological polar surface area (TPSA) is 150 Å². The second-order valence-corrected chi connectivity index (χ2v) is 5.64. The van der Waals surface area contributed by atoms with Gasteiger partial charge in [0.25, 0.3) is 11.6 Å². The normalized spacial score (nSPS) is 9.80. The van der Waals surface area contributed by atoms with Crippen LogP contribution in [0.1, 0.15) is 15.9 Å². The van der Waals surface area contributed by atoms with Crippen LogP contribution in [0.5, 0.6) is 17.2 Å². The number of carbonyl (C=O) groups is 2. The number of anilines is 1. The molecule has 1 N–H and O–H groups in total. The van der Waals surface area contributed by atoms with Crippen LogP contribution in [0, 0.1) is 21.4 Å². The first-order valence-corrected chi connectivity index (χ1v) is 8.30. The Kier molecular flexibility index (Phi) is 7.13. The molecule has 156 valence electrons. The number of non-ortho nitro benzene ring substituents is 1. The van der Waals surface area contributed by atoms with Crippen molar-refractivity contribution in [1.82, 2.24) is 0 Å². The van der Waals surface area contributed by atoms with Crippen LogP contribution in [0.3, 0.4) is 0 Å². The quantitative estimate of drug-likeness (QED) is 0.389. The molecule has 0 fully saturated rings. The van der Waals surface area contributed by atoms with Crippen molar-refractivity contribution in [2.24, 2.45) is 0 Å². The predicted molar refractivity (Wildman–Crippen MR) is 103 cm³/mol. The molecular formula is C19H17N3O8. The van der Waals surface area contributed by atoms with E-state index >= 15 is 0 Å². The molecular weight excluding hydrogens is 398 g/mol. The average molecular weight is 415 g/mol. The Bertz CT molecular complexity index is 1000. The van der Waals surface area contributed by atoms with Crippen LogP contribution in [0.15, 0.2) is 30.3 Å². The molecule has 2 aromatic carbocycles. The highest BCUT2D eigenvalue weighted by molar-refractivity contribution is 5.96. The predicted octanol–water partition coefficient (Wildman–Crippen LogP) is 2.29. The zero-order valence-electron chi connectivity index (χ0n) is 16.3. The summed E-state index contributed by atoms with van der Waals surface area (Å²) in [4.78, 5) is 34.5. The Labute approximate surface area is 170 Å². The number of hydrogen-bond acceptors (Lipinski definition) is 9. The monoisotopic (exact) mass is 415 g/mol. The smallest absolute Gasteiger partial charge is 0.338 e. The number of nitrogens with zero attached hydrogens (tertiary/aromatic N) is 2. The molecule has 2 rings (SSSR count). The summed E-state index contributed by atoms with van der Waals surface area (Å²) in [5.41, 5.74) is -0.283. The van der Waals surface area contributed by atoms with E-state index in [0.717, 1.165) is 12.1 Å². The van der Waals surface area contributed by atoms with Gasteiger partial charge < -0.3 is 24.3 Å². The summed E-state index contributed by atoms with van der Waals surface area (Å²) in [7, 11) is 4.18. The van der Waals surface area contributed by atoms with Crippen LogP contribution >= 0.6 is 0 Å². The number of benzene rings is 2. The summed E-state index contributed by atoms with van der Waals surface area (Å²) in [6.45, 7) is -0.655. The van der Waals surface area contributed by atoms with E-state index in [0.29, 0.717) is 0 Å². The lowest BCUT2D eigenvalue weighted by Crippen LogP contribution is -2.21. The number of ether oxygens (including phenoxy) is 4. The molecule has 1 amide bonds. The highest BCUT2D eigenvalue weighted by Crippen LogP contribution is 2.38. The van der Waals surface area contributed by atoms with Gasteiger partial charge in [0.1, 0.15) is 6.07 Å². The highest BCUT2D eigenvalue weighted by atomic mass is 16.6. The van der Waals surface area contributed by atoms with Crippen molar-refractivity contribution >= 4 is 23.3 Å². The first-order chi connectivity index (χ1) is 14.3. The summed E-state index contributed by atoms with van der Waals surface area (Å²) in [6, 6.07) is 7.87. The van der Waals surface area contributed by atoms with E-state index in [1.165, 1.54) is 39.5 Å². The Balaban J connectivity index is 2.09. The summed E-state index contributed by atoms with van der Waals surface area (Å²) >= 11 is 0. The van der Waals surface area contributed by atoms with E-state index in [-0.39, 0.29) is 39.8 Å². The van der Waals surface area contributed by atoms with E-state index in [4.69, 9.17) is 24.2 Å². The standard InChI is InChI=1S/C19H17N3O8/c1-27-15-7-11(8-16(28-2)18(15)29-3)19(24)30-10-17(23)21-14-5-4-13(22(25)26)6-12(14)9-20/h4-8H,10H2,1-3H3,(H,21,23). The second kappa shape index (κ2) is 9.74. The molecule has 0 aliphatic heterocycles. The van der Waals surface area contributed by atoms with E-state index in [1.807, 2.05) is 0 Å². The number of nitro benzene ring substituents is 1. The Morgan fingerprint density at radius 3 is 2.23 bits per heavy atom. The van der Waals surface area contributed by atoms with Gasteiger partial charge in [0.15, 0.2) is 18.1 Å². The first-order valence-electron chi connectivity index (χ1n) is 8.30. The maximum atomic E-state index is 12.3. The van der Waals surface area contributed by atoms with Crippen LogP contribution in [0.25, 0.3) is 0 Å². The molecule has 0 aliphatic rings. The lowest BCUT2D eigenvalue weighted by Gasteiger charge is -2.13. The average Bonchev–Trinajstić information content (AvgIpc) is 2.76. The highest BCUT2D eigenvalue weighted by Gasteiger charge is 2.19. The fourth-order valence-corrected chi connectivity index (χ4v) is 2.45. The van der Waals surface area contributed by atoms with Gasteiger partial charge in [0.05, 0.1) is 43.1 Å². The number of nitrogens with one attached hydrogen (secondary N) is 1. The van der Waals surface area contributed by atoms with Gasteiger partial charge in [-0.1, -0.05) is 0 Å². The Morgan fingerprint density at radius 2 is 1.73 bits per heavy atom. The molecule has 11 nitrogen and oxygen atoms in total. The number of methoxy groups -OCH3 is 3. The minimum Gasteiger partial charge on any atom is -0.493 e. The molecule has 0 aliphatic carbocycles. The molecule has 2 aromatic rings. The first kappa shape index (κ1) is 22.0. The van der Waals surface area contributed by atoms with Crippen molar-refractivity contribution in [1.29, 1.82) is 5.26 Å². The van der Waals surface area contributed by atoms with Crippen LogP contribution in [0.2, 0.25) is 0 Å². The number of amides is 1. The minimum absolute atomic E-state index is 0.0527. The molecule has 0 unspecified atom stereocenters. The fourth-order valence-electron chi connectivity index (χ4n) is 2.45. The van der Waals surface area contributed by atoms with Crippen LogP contribution in [-0.4, -0.2) is 44.7 Å². The molecule has 0 spiro atoms. The lowest BCUT2D eigenvalue weighted by molar-refractivity contribution is -0.384. The van der Waals surface area contributed by atoms with Gasteiger partial charge >= 0.3 is 5.97 Å². The maximum absolute atomic E-state index is 12.3. The zero-order chi connectivity index (χ0) is 22.3. The number of esters is 1. The summed E-state index contributed by atoms with van der Waals surface area (Å²) in [5, 5.41) is 22.2. The van der Waals surface area contributed by atoms with Crippen molar-refractivity contribution in [2.75, 3.05) is 33.3 Å². The van der Waals surface area contributed by atoms with Gasteiger partial charge in [-0.15, -0.1) is 0 Å². The minimum atomic E-state index is -0.825.